The van der Waals surface area contributed by atoms with Crippen molar-refractivity contribution in [2.75, 3.05) is 41.8 Å². The van der Waals surface area contributed by atoms with Crippen LogP contribution < -0.4 is 15.5 Å². The summed E-state index contributed by atoms with van der Waals surface area (Å²) in [6, 6.07) is 11.4. The number of hydrogen-bond donors (Lipinski definition) is 3. The van der Waals surface area contributed by atoms with Crippen molar-refractivity contribution in [3.05, 3.63) is 42.6 Å². The Morgan fingerprint density at radius 1 is 1.20 bits per heavy atom. The van der Waals surface area contributed by atoms with Crippen LogP contribution in [-0.4, -0.2) is 52.4 Å². The zero-order valence-electron chi connectivity index (χ0n) is 16.6. The van der Waals surface area contributed by atoms with E-state index in [1.54, 1.807) is 6.20 Å². The summed E-state index contributed by atoms with van der Waals surface area (Å²) in [4.78, 5) is 24.1. The van der Waals surface area contributed by atoms with E-state index in [-0.39, 0.29) is 5.91 Å². The van der Waals surface area contributed by atoms with Crippen LogP contribution in [0.3, 0.4) is 0 Å². The maximum absolute atomic E-state index is 11.5. The summed E-state index contributed by atoms with van der Waals surface area (Å²) < 4.78 is 5.46. The smallest absolute Gasteiger partial charge is 0.224 e. The van der Waals surface area contributed by atoms with E-state index in [4.69, 9.17) is 9.72 Å². The van der Waals surface area contributed by atoms with Gasteiger partial charge in [0.25, 0.3) is 0 Å². The van der Waals surface area contributed by atoms with Crippen molar-refractivity contribution in [2.45, 2.75) is 23.4 Å². The molecule has 1 fully saturated rings. The van der Waals surface area contributed by atoms with E-state index in [0.29, 0.717) is 30.6 Å². The standard InChI is InChI=1S/C20H23N7O2S/c1-2-19(28)22-14-3-5-15(6-4-14)30-20-24-17(23-16-7-8-21-26-16)13-18(25-20)27-9-11-29-12-10-27/h3-8,13H,2,9-12H2,1H3,(H,22,28)(H2,21,23,24,25,26). The molecule has 0 saturated carbocycles. The maximum Gasteiger partial charge on any atom is 0.224 e. The van der Waals surface area contributed by atoms with Crippen molar-refractivity contribution in [1.82, 2.24) is 20.2 Å². The molecule has 1 amide bonds. The molecule has 0 spiro atoms. The van der Waals surface area contributed by atoms with Crippen molar-refractivity contribution in [2.24, 2.45) is 0 Å². The lowest BCUT2D eigenvalue weighted by molar-refractivity contribution is -0.115. The van der Waals surface area contributed by atoms with Gasteiger partial charge in [-0.25, -0.2) is 9.97 Å². The highest BCUT2D eigenvalue weighted by Crippen LogP contribution is 2.30. The van der Waals surface area contributed by atoms with Crippen LogP contribution in [0.25, 0.3) is 0 Å². The van der Waals surface area contributed by atoms with Crippen molar-refractivity contribution < 1.29 is 9.53 Å². The molecule has 1 aliphatic heterocycles. The van der Waals surface area contributed by atoms with Crippen LogP contribution >= 0.6 is 11.8 Å². The van der Waals surface area contributed by atoms with Crippen LogP contribution in [0, 0.1) is 0 Å². The number of nitrogens with one attached hydrogen (secondary N) is 3. The molecule has 0 aliphatic carbocycles. The molecule has 9 nitrogen and oxygen atoms in total. The summed E-state index contributed by atoms with van der Waals surface area (Å²) in [6.45, 7) is 4.77. The zero-order chi connectivity index (χ0) is 20.8. The lowest BCUT2D eigenvalue weighted by Gasteiger charge is -2.28. The topological polar surface area (TPSA) is 108 Å². The highest BCUT2D eigenvalue weighted by atomic mass is 32.2. The van der Waals surface area contributed by atoms with Crippen molar-refractivity contribution >= 4 is 40.8 Å². The van der Waals surface area contributed by atoms with Gasteiger partial charge in [-0.15, -0.1) is 0 Å². The van der Waals surface area contributed by atoms with Crippen molar-refractivity contribution in [3.63, 3.8) is 0 Å². The van der Waals surface area contributed by atoms with Gasteiger partial charge in [-0.1, -0.05) is 6.92 Å². The number of amides is 1. The number of morpholine rings is 1. The van der Waals surface area contributed by atoms with Gasteiger partial charge in [0.15, 0.2) is 5.16 Å². The SMILES string of the molecule is CCC(=O)Nc1ccc(Sc2nc(Nc3ccn[nH]3)cc(N3CCOCC3)n2)cc1. The Hall–Kier alpha value is -3.11. The molecule has 10 heteroatoms. The van der Waals surface area contributed by atoms with Crippen LogP contribution in [0.4, 0.5) is 23.1 Å². The molecule has 3 aromatic rings. The molecule has 1 aliphatic rings. The summed E-state index contributed by atoms with van der Waals surface area (Å²) in [6.07, 6.45) is 2.13. The first-order valence-corrected chi connectivity index (χ1v) is 10.6. The number of benzene rings is 1. The quantitative estimate of drug-likeness (QED) is 0.495. The number of hydrogen-bond acceptors (Lipinski definition) is 8. The largest absolute Gasteiger partial charge is 0.378 e. The number of rotatable bonds is 7. The minimum Gasteiger partial charge on any atom is -0.378 e. The highest BCUT2D eigenvalue weighted by Gasteiger charge is 2.16. The van der Waals surface area contributed by atoms with Gasteiger partial charge in [0.05, 0.1) is 19.4 Å². The zero-order valence-corrected chi connectivity index (χ0v) is 17.4. The van der Waals surface area contributed by atoms with Crippen LogP contribution in [0.2, 0.25) is 0 Å². The molecular formula is C20H23N7O2S. The average molecular weight is 426 g/mol. The fraction of sp³-hybridized carbons (Fsp3) is 0.300. The van der Waals surface area contributed by atoms with E-state index in [0.717, 1.165) is 35.3 Å². The molecule has 2 aromatic heterocycles. The fourth-order valence-corrected chi connectivity index (χ4v) is 3.67. The van der Waals surface area contributed by atoms with E-state index >= 15 is 0 Å². The lowest BCUT2D eigenvalue weighted by atomic mass is 10.3. The minimum atomic E-state index is -0.00790. The molecule has 1 saturated heterocycles. The Balaban J connectivity index is 1.55. The van der Waals surface area contributed by atoms with Crippen LogP contribution in [0.15, 0.2) is 52.6 Å². The first-order chi connectivity index (χ1) is 14.7. The Morgan fingerprint density at radius 3 is 2.70 bits per heavy atom. The molecule has 4 rings (SSSR count). The van der Waals surface area contributed by atoms with Gasteiger partial charge < -0.3 is 20.3 Å². The number of H-pyrrole nitrogens is 1. The van der Waals surface area contributed by atoms with Gasteiger partial charge in [-0.3, -0.25) is 9.89 Å². The Morgan fingerprint density at radius 2 is 2.00 bits per heavy atom. The third kappa shape index (κ3) is 5.28. The number of aromatic nitrogens is 4. The third-order valence-electron chi connectivity index (χ3n) is 4.46. The summed E-state index contributed by atoms with van der Waals surface area (Å²) in [7, 11) is 0. The molecule has 156 valence electrons. The second-order valence-electron chi connectivity index (χ2n) is 6.62. The summed E-state index contributed by atoms with van der Waals surface area (Å²) >= 11 is 1.47. The molecule has 30 heavy (non-hydrogen) atoms. The van der Waals surface area contributed by atoms with E-state index in [9.17, 15) is 4.79 Å². The number of carbonyl (C=O) groups excluding carboxylic acids is 1. The Labute approximate surface area is 178 Å². The van der Waals surface area contributed by atoms with Crippen LogP contribution in [0.5, 0.6) is 0 Å². The number of carbonyl (C=O) groups is 1. The Bertz CT molecular complexity index is 973. The normalized spacial score (nSPS) is 13.8. The van der Waals surface area contributed by atoms with Crippen molar-refractivity contribution in [1.29, 1.82) is 0 Å². The average Bonchev–Trinajstić information content (AvgIpc) is 3.28. The second-order valence-corrected chi connectivity index (χ2v) is 7.66. The molecule has 1 aromatic carbocycles. The van der Waals surface area contributed by atoms with E-state index < -0.39 is 0 Å². The molecule has 0 atom stereocenters. The molecule has 3 heterocycles. The molecule has 0 bridgehead atoms. The summed E-state index contributed by atoms with van der Waals surface area (Å²) in [5, 5.41) is 13.6. The summed E-state index contributed by atoms with van der Waals surface area (Å²) in [5.74, 6) is 2.29. The molecular weight excluding hydrogens is 402 g/mol. The number of nitrogens with zero attached hydrogens (tertiary/aromatic N) is 4. The predicted octanol–water partition coefficient (Wildman–Crippen LogP) is 3.28. The van der Waals surface area contributed by atoms with Gasteiger partial charge in [0.2, 0.25) is 5.91 Å². The van der Waals surface area contributed by atoms with E-state index in [1.165, 1.54) is 11.8 Å². The second kappa shape index (κ2) is 9.59. The fourth-order valence-electron chi connectivity index (χ4n) is 2.90. The maximum atomic E-state index is 11.5. The van der Waals surface area contributed by atoms with Crippen LogP contribution in [-0.2, 0) is 9.53 Å². The monoisotopic (exact) mass is 425 g/mol. The molecule has 0 radical (unpaired) electrons. The van der Waals surface area contributed by atoms with Crippen molar-refractivity contribution in [3.8, 4) is 0 Å². The van der Waals surface area contributed by atoms with Gasteiger partial charge >= 0.3 is 0 Å². The number of aromatic amines is 1. The number of anilines is 4. The minimum absolute atomic E-state index is 0.00790. The summed E-state index contributed by atoms with van der Waals surface area (Å²) in [5.41, 5.74) is 0.774. The third-order valence-corrected chi connectivity index (χ3v) is 5.33. The first-order valence-electron chi connectivity index (χ1n) is 9.75. The lowest BCUT2D eigenvalue weighted by Crippen LogP contribution is -2.36. The van der Waals surface area contributed by atoms with E-state index in [2.05, 4.69) is 30.7 Å². The van der Waals surface area contributed by atoms with Gasteiger partial charge in [-0.05, 0) is 36.0 Å². The van der Waals surface area contributed by atoms with E-state index in [1.807, 2.05) is 43.3 Å². The van der Waals surface area contributed by atoms with Crippen LogP contribution in [0.1, 0.15) is 13.3 Å². The van der Waals surface area contributed by atoms with Gasteiger partial charge in [0.1, 0.15) is 17.5 Å². The molecule has 3 N–H and O–H groups in total. The predicted molar refractivity (Wildman–Crippen MR) is 116 cm³/mol. The first kappa shape index (κ1) is 20.2. The van der Waals surface area contributed by atoms with Gasteiger partial charge in [0, 0.05) is 42.2 Å². The Kier molecular flexibility index (Phi) is 6.45. The molecule has 0 unspecified atom stereocenters. The van der Waals surface area contributed by atoms with Gasteiger partial charge in [-0.2, -0.15) is 5.10 Å². The number of ether oxygens (including phenoxy) is 1. The highest BCUT2D eigenvalue weighted by molar-refractivity contribution is 7.99.